The lowest BCUT2D eigenvalue weighted by Gasteiger charge is -2.42. The molecule has 2 N–H and O–H groups in total. The fraction of sp³-hybridized carbons (Fsp3) is 0.688. The van der Waals surface area contributed by atoms with Crippen LogP contribution in [0.5, 0.6) is 0 Å². The third-order valence-electron chi connectivity index (χ3n) is 4.48. The van der Waals surface area contributed by atoms with Crippen LogP contribution >= 0.6 is 0 Å². The molecule has 0 radical (unpaired) electrons. The summed E-state index contributed by atoms with van der Waals surface area (Å²) in [7, 11) is 0. The second-order valence-electron chi connectivity index (χ2n) is 6.27. The molecule has 1 saturated heterocycles. The van der Waals surface area contributed by atoms with Gasteiger partial charge in [0.05, 0.1) is 0 Å². The van der Waals surface area contributed by atoms with Crippen LogP contribution < -0.4 is 5.73 Å². The number of pyridine rings is 1. The first kappa shape index (κ1) is 14.5. The van der Waals surface area contributed by atoms with Crippen LogP contribution in [-0.4, -0.2) is 28.5 Å². The number of hydrogen-bond acceptors (Lipinski definition) is 3. The van der Waals surface area contributed by atoms with Crippen LogP contribution in [0.15, 0.2) is 18.3 Å². The van der Waals surface area contributed by atoms with Crippen LogP contribution in [0.2, 0.25) is 0 Å². The maximum absolute atomic E-state index is 6.52. The number of hydrogen-bond donors (Lipinski definition) is 1. The molecule has 0 aliphatic carbocycles. The summed E-state index contributed by atoms with van der Waals surface area (Å²) in [5.41, 5.74) is 8.69. The second kappa shape index (κ2) is 6.02. The van der Waals surface area contributed by atoms with Crippen molar-refractivity contribution in [2.75, 3.05) is 13.1 Å². The highest BCUT2D eigenvalue weighted by Crippen LogP contribution is 2.30. The van der Waals surface area contributed by atoms with Crippen LogP contribution in [0.25, 0.3) is 0 Å². The van der Waals surface area contributed by atoms with Crippen LogP contribution in [0, 0.1) is 6.92 Å². The minimum Gasteiger partial charge on any atom is -0.322 e. The minimum absolute atomic E-state index is 0.0126. The van der Waals surface area contributed by atoms with Crippen LogP contribution in [0.3, 0.4) is 0 Å². The van der Waals surface area contributed by atoms with E-state index in [2.05, 4.69) is 29.8 Å². The van der Waals surface area contributed by atoms with Gasteiger partial charge in [-0.15, -0.1) is 0 Å². The molecule has 0 bridgehead atoms. The van der Waals surface area contributed by atoms with Gasteiger partial charge in [-0.25, -0.2) is 0 Å². The van der Waals surface area contributed by atoms with E-state index in [-0.39, 0.29) is 11.6 Å². The van der Waals surface area contributed by atoms with Crippen LogP contribution in [0.4, 0.5) is 0 Å². The average Bonchev–Trinajstić information content (AvgIpc) is 2.68. The molecule has 1 fully saturated rings. The number of nitrogens with two attached hydrogens (primary N) is 1. The zero-order valence-electron chi connectivity index (χ0n) is 12.5. The molecule has 1 atom stereocenters. The van der Waals surface area contributed by atoms with Gasteiger partial charge in [0.25, 0.3) is 0 Å². The van der Waals surface area contributed by atoms with Gasteiger partial charge in [-0.05, 0) is 58.3 Å². The molecule has 1 aliphatic rings. The molecule has 0 amide bonds. The van der Waals surface area contributed by atoms with Crippen molar-refractivity contribution in [2.24, 2.45) is 5.73 Å². The van der Waals surface area contributed by atoms with Crippen molar-refractivity contribution in [1.82, 2.24) is 9.88 Å². The van der Waals surface area contributed by atoms with Crippen molar-refractivity contribution in [2.45, 2.75) is 58.0 Å². The summed E-state index contributed by atoms with van der Waals surface area (Å²) in [6, 6.07) is 4.18. The Morgan fingerprint density at radius 1 is 1.16 bits per heavy atom. The van der Waals surface area contributed by atoms with Crippen molar-refractivity contribution in [3.8, 4) is 0 Å². The molecular formula is C16H27N3. The third-order valence-corrected chi connectivity index (χ3v) is 4.48. The molecule has 1 aromatic rings. The molecule has 0 aromatic carbocycles. The summed E-state index contributed by atoms with van der Waals surface area (Å²) < 4.78 is 0. The van der Waals surface area contributed by atoms with Gasteiger partial charge >= 0.3 is 0 Å². The van der Waals surface area contributed by atoms with Crippen LogP contribution in [-0.2, 0) is 0 Å². The van der Waals surface area contributed by atoms with Crippen LogP contribution in [0.1, 0.15) is 56.8 Å². The van der Waals surface area contributed by atoms with Crippen molar-refractivity contribution >= 4 is 0 Å². The SMILES string of the molecule is Cc1ccc(C(N)C(C)(C)N2CCCCCC2)cn1. The molecule has 3 heteroatoms. The van der Waals surface area contributed by atoms with E-state index in [4.69, 9.17) is 5.73 Å². The Labute approximate surface area is 117 Å². The minimum atomic E-state index is -0.0126. The number of aryl methyl sites for hydroxylation is 1. The molecule has 0 saturated carbocycles. The fourth-order valence-electron chi connectivity index (χ4n) is 2.91. The van der Waals surface area contributed by atoms with Gasteiger partial charge in [0, 0.05) is 23.5 Å². The maximum Gasteiger partial charge on any atom is 0.0492 e. The van der Waals surface area contributed by atoms with Gasteiger partial charge in [0.1, 0.15) is 0 Å². The van der Waals surface area contributed by atoms with Crippen molar-refractivity contribution in [3.05, 3.63) is 29.6 Å². The smallest absolute Gasteiger partial charge is 0.0492 e. The normalized spacial score (nSPS) is 20.0. The first-order chi connectivity index (χ1) is 9.01. The monoisotopic (exact) mass is 261 g/mol. The first-order valence-electron chi connectivity index (χ1n) is 7.45. The molecule has 1 aromatic heterocycles. The number of nitrogens with zero attached hydrogens (tertiary/aromatic N) is 2. The molecule has 3 nitrogen and oxygen atoms in total. The Kier molecular flexibility index (Phi) is 4.58. The van der Waals surface area contributed by atoms with Crippen molar-refractivity contribution in [1.29, 1.82) is 0 Å². The van der Waals surface area contributed by atoms with Gasteiger partial charge in [-0.2, -0.15) is 0 Å². The molecule has 2 rings (SSSR count). The maximum atomic E-state index is 6.52. The van der Waals surface area contributed by atoms with Gasteiger partial charge < -0.3 is 5.73 Å². The van der Waals surface area contributed by atoms with E-state index >= 15 is 0 Å². The van der Waals surface area contributed by atoms with Gasteiger partial charge in [0.15, 0.2) is 0 Å². The Morgan fingerprint density at radius 2 is 1.79 bits per heavy atom. The molecule has 0 spiro atoms. The van der Waals surface area contributed by atoms with E-state index in [1.807, 2.05) is 19.2 Å². The summed E-state index contributed by atoms with van der Waals surface area (Å²) in [6.07, 6.45) is 7.23. The molecule has 2 heterocycles. The predicted octanol–water partition coefficient (Wildman–Crippen LogP) is 3.04. The van der Waals surface area contributed by atoms with E-state index in [1.165, 1.54) is 38.8 Å². The van der Waals surface area contributed by atoms with E-state index in [9.17, 15) is 0 Å². The lowest BCUT2D eigenvalue weighted by Crippen LogP contribution is -2.51. The molecule has 1 aliphatic heterocycles. The highest BCUT2D eigenvalue weighted by molar-refractivity contribution is 5.20. The third kappa shape index (κ3) is 3.34. The fourth-order valence-corrected chi connectivity index (χ4v) is 2.91. The topological polar surface area (TPSA) is 42.1 Å². The summed E-state index contributed by atoms with van der Waals surface area (Å²) in [5, 5.41) is 0. The zero-order chi connectivity index (χ0) is 13.9. The van der Waals surface area contributed by atoms with E-state index in [0.717, 1.165) is 11.3 Å². The summed E-state index contributed by atoms with van der Waals surface area (Å²) >= 11 is 0. The van der Waals surface area contributed by atoms with Gasteiger partial charge in [-0.1, -0.05) is 18.9 Å². The van der Waals surface area contributed by atoms with Crippen molar-refractivity contribution < 1.29 is 0 Å². The quantitative estimate of drug-likeness (QED) is 0.909. The Balaban J connectivity index is 2.14. The van der Waals surface area contributed by atoms with E-state index in [0.29, 0.717) is 0 Å². The second-order valence-corrected chi connectivity index (χ2v) is 6.27. The standard InChI is InChI=1S/C16H27N3/c1-13-8-9-14(12-18-13)15(17)16(2,3)19-10-6-4-5-7-11-19/h8-9,12,15H,4-7,10-11,17H2,1-3H3. The molecule has 19 heavy (non-hydrogen) atoms. The molecule has 106 valence electrons. The Bertz CT molecular complexity index is 389. The lowest BCUT2D eigenvalue weighted by molar-refractivity contribution is 0.0979. The number of rotatable bonds is 3. The van der Waals surface area contributed by atoms with E-state index < -0.39 is 0 Å². The molecule has 1 unspecified atom stereocenters. The highest BCUT2D eigenvalue weighted by atomic mass is 15.2. The lowest BCUT2D eigenvalue weighted by atomic mass is 9.88. The average molecular weight is 261 g/mol. The predicted molar refractivity (Wildman–Crippen MR) is 80.0 cm³/mol. The zero-order valence-corrected chi connectivity index (χ0v) is 12.5. The Hall–Kier alpha value is -0.930. The number of aromatic nitrogens is 1. The van der Waals surface area contributed by atoms with Gasteiger partial charge in [0.2, 0.25) is 0 Å². The Morgan fingerprint density at radius 3 is 2.32 bits per heavy atom. The summed E-state index contributed by atoms with van der Waals surface area (Å²) in [6.45, 7) is 8.88. The first-order valence-corrected chi connectivity index (χ1v) is 7.45. The van der Waals surface area contributed by atoms with Gasteiger partial charge in [-0.3, -0.25) is 9.88 Å². The number of likely N-dealkylation sites (tertiary alicyclic amines) is 1. The molecular weight excluding hydrogens is 234 g/mol. The largest absolute Gasteiger partial charge is 0.322 e. The van der Waals surface area contributed by atoms with E-state index in [1.54, 1.807) is 0 Å². The summed E-state index contributed by atoms with van der Waals surface area (Å²) in [4.78, 5) is 6.94. The highest BCUT2D eigenvalue weighted by Gasteiger charge is 2.34. The summed E-state index contributed by atoms with van der Waals surface area (Å²) in [5.74, 6) is 0. The van der Waals surface area contributed by atoms with Crippen molar-refractivity contribution in [3.63, 3.8) is 0 Å².